The molecular weight excluding hydrogens is 569 g/mol. The predicted molar refractivity (Wildman–Crippen MR) is 193 cm³/mol. The maximum absolute atomic E-state index is 7.21. The summed E-state index contributed by atoms with van der Waals surface area (Å²) in [5.74, 6) is 1.94. The fourth-order valence-corrected chi connectivity index (χ4v) is 7.45. The zero-order valence-corrected chi connectivity index (χ0v) is 26.3. The van der Waals surface area contributed by atoms with Gasteiger partial charge in [0.15, 0.2) is 0 Å². The highest BCUT2D eigenvalue weighted by Crippen LogP contribution is 2.57. The molecule has 0 bridgehead atoms. The fourth-order valence-electron chi connectivity index (χ4n) is 7.45. The summed E-state index contributed by atoms with van der Waals surface area (Å²) in [6, 6.07) is 65.4. The van der Waals surface area contributed by atoms with E-state index in [0.717, 1.165) is 35.5 Å². The van der Waals surface area contributed by atoms with Gasteiger partial charge in [0, 0.05) is 34.1 Å². The van der Waals surface area contributed by atoms with E-state index in [1.165, 1.54) is 44.5 Å². The van der Waals surface area contributed by atoms with Crippen molar-refractivity contribution in [2.45, 2.75) is 24.7 Å². The zero-order valence-electron chi connectivity index (χ0n) is 26.3. The van der Waals surface area contributed by atoms with Gasteiger partial charge in [0.1, 0.15) is 11.5 Å². The molecule has 0 spiro atoms. The van der Waals surface area contributed by atoms with Crippen molar-refractivity contribution in [2.75, 3.05) is 0 Å². The normalized spacial score (nSPS) is 15.7. The minimum Gasteiger partial charge on any atom is -0.455 e. The molecule has 0 N–H and O–H groups in total. The molecule has 1 heterocycles. The first kappa shape index (κ1) is 28.8. The van der Waals surface area contributed by atoms with E-state index in [2.05, 4.69) is 182 Å². The quantitative estimate of drug-likeness (QED) is 0.157. The molecule has 0 saturated carbocycles. The second kappa shape index (κ2) is 13.0. The van der Waals surface area contributed by atoms with Crippen LogP contribution in [0.5, 0.6) is 0 Å². The minimum absolute atomic E-state index is 0.0153. The summed E-state index contributed by atoms with van der Waals surface area (Å²) in [6.45, 7) is 0. The van der Waals surface area contributed by atoms with Gasteiger partial charge in [0.2, 0.25) is 0 Å². The molecule has 226 valence electrons. The molecule has 2 unspecified atom stereocenters. The molecule has 0 aliphatic heterocycles. The van der Waals surface area contributed by atoms with Crippen LogP contribution in [0.2, 0.25) is 0 Å². The van der Waals surface area contributed by atoms with Gasteiger partial charge in [-0.15, -0.1) is 0 Å². The summed E-state index contributed by atoms with van der Waals surface area (Å²) >= 11 is 0. The number of hydrogen-bond donors (Lipinski definition) is 0. The molecule has 1 aliphatic rings. The Labute approximate surface area is 277 Å². The highest BCUT2D eigenvalue weighted by molar-refractivity contribution is 5.79. The van der Waals surface area contributed by atoms with Gasteiger partial charge in [-0.1, -0.05) is 193 Å². The summed E-state index contributed by atoms with van der Waals surface area (Å²) in [4.78, 5) is 0. The van der Waals surface area contributed by atoms with Crippen LogP contribution < -0.4 is 0 Å². The second-order valence-corrected chi connectivity index (χ2v) is 12.4. The van der Waals surface area contributed by atoms with Gasteiger partial charge in [0.25, 0.3) is 0 Å². The summed E-state index contributed by atoms with van der Waals surface area (Å²) in [6.07, 6.45) is 1.71. The van der Waals surface area contributed by atoms with Crippen molar-refractivity contribution >= 4 is 0 Å². The van der Waals surface area contributed by atoms with Crippen LogP contribution in [0.25, 0.3) is 22.6 Å². The topological polar surface area (TPSA) is 13.1 Å². The monoisotopic (exact) mass is 604 g/mol. The van der Waals surface area contributed by atoms with Crippen molar-refractivity contribution in [3.05, 3.63) is 227 Å². The maximum Gasteiger partial charge on any atom is 0.139 e. The lowest BCUT2D eigenvalue weighted by molar-refractivity contribution is 0.591. The Balaban J connectivity index is 1.51. The lowest BCUT2D eigenvalue weighted by Gasteiger charge is -2.36. The first-order valence-corrected chi connectivity index (χ1v) is 16.5. The van der Waals surface area contributed by atoms with Gasteiger partial charge in [-0.3, -0.25) is 0 Å². The average Bonchev–Trinajstić information content (AvgIpc) is 3.54. The summed E-state index contributed by atoms with van der Waals surface area (Å²) < 4.78 is 7.21. The van der Waals surface area contributed by atoms with Crippen LogP contribution in [0.3, 0.4) is 0 Å². The third-order valence-electron chi connectivity index (χ3n) is 9.48. The molecule has 47 heavy (non-hydrogen) atoms. The van der Waals surface area contributed by atoms with Crippen LogP contribution in [0.1, 0.15) is 45.2 Å². The Bertz CT molecular complexity index is 1940. The Hall–Kier alpha value is -5.66. The van der Waals surface area contributed by atoms with Crippen LogP contribution in [0.15, 0.2) is 198 Å². The zero-order chi connectivity index (χ0) is 31.4. The molecule has 8 rings (SSSR count). The largest absolute Gasteiger partial charge is 0.455 e. The molecular formula is C46H36O. The average molecular weight is 605 g/mol. The van der Waals surface area contributed by atoms with E-state index in [1.54, 1.807) is 0 Å². The standard InChI is InChI=1S/C46H36O/c1-7-19-33(20-8-1)31-39-40(32-34-21-9-2-10-22-34)42(36-25-13-4-14-26-36)44-43(41(39)35-23-11-3-12-24-35)45(37-27-15-5-16-28-37)47-46(44)38-29-17-6-18-30-38/h1-30,41-42H,31-32H2. The van der Waals surface area contributed by atoms with Crippen molar-refractivity contribution in [1.82, 2.24) is 0 Å². The molecule has 7 aromatic rings. The molecule has 1 heteroatoms. The van der Waals surface area contributed by atoms with Crippen LogP contribution in [0.4, 0.5) is 0 Å². The number of rotatable bonds is 8. The number of fused-ring (bicyclic) bond motifs is 1. The highest BCUT2D eigenvalue weighted by atomic mass is 16.3. The molecule has 0 fully saturated rings. The molecule has 0 radical (unpaired) electrons. The predicted octanol–water partition coefficient (Wildman–Crippen LogP) is 11.7. The van der Waals surface area contributed by atoms with Gasteiger partial charge in [-0.2, -0.15) is 0 Å². The molecule has 1 aliphatic carbocycles. The number of benzene rings is 6. The van der Waals surface area contributed by atoms with Crippen molar-refractivity contribution in [3.8, 4) is 22.6 Å². The van der Waals surface area contributed by atoms with Crippen molar-refractivity contribution < 1.29 is 4.42 Å². The van der Waals surface area contributed by atoms with Crippen molar-refractivity contribution in [3.63, 3.8) is 0 Å². The first-order valence-electron chi connectivity index (χ1n) is 16.5. The Morgan fingerprint density at radius 2 is 0.638 bits per heavy atom. The lowest BCUT2D eigenvalue weighted by atomic mass is 9.65. The Kier molecular flexibility index (Phi) is 7.95. The van der Waals surface area contributed by atoms with E-state index in [4.69, 9.17) is 4.42 Å². The van der Waals surface area contributed by atoms with E-state index in [-0.39, 0.29) is 11.8 Å². The highest BCUT2D eigenvalue weighted by Gasteiger charge is 2.42. The van der Waals surface area contributed by atoms with Gasteiger partial charge in [0.05, 0.1) is 0 Å². The minimum atomic E-state index is 0.0153. The molecule has 1 nitrogen and oxygen atoms in total. The van der Waals surface area contributed by atoms with Crippen molar-refractivity contribution in [2.24, 2.45) is 0 Å². The number of hydrogen-bond acceptors (Lipinski definition) is 1. The van der Waals surface area contributed by atoms with E-state index in [9.17, 15) is 0 Å². The molecule has 0 amide bonds. The van der Waals surface area contributed by atoms with E-state index in [0.29, 0.717) is 0 Å². The SMILES string of the molecule is c1ccc(CC2=C(Cc3ccccc3)C(c3ccccc3)c3c(-c4ccccc4)oc(-c4ccccc4)c3C2c2ccccc2)cc1. The fraction of sp³-hybridized carbons (Fsp3) is 0.0870. The van der Waals surface area contributed by atoms with E-state index >= 15 is 0 Å². The number of furan rings is 1. The van der Waals surface area contributed by atoms with Gasteiger partial charge in [-0.05, 0) is 35.1 Å². The Morgan fingerprint density at radius 1 is 0.340 bits per heavy atom. The smallest absolute Gasteiger partial charge is 0.139 e. The van der Waals surface area contributed by atoms with Crippen LogP contribution in [0, 0.1) is 0 Å². The molecule has 2 atom stereocenters. The molecule has 1 aromatic heterocycles. The summed E-state index contributed by atoms with van der Waals surface area (Å²) in [5, 5.41) is 0. The van der Waals surface area contributed by atoms with Gasteiger partial charge < -0.3 is 4.42 Å². The Morgan fingerprint density at radius 3 is 0.979 bits per heavy atom. The van der Waals surface area contributed by atoms with Gasteiger partial charge in [-0.25, -0.2) is 0 Å². The summed E-state index contributed by atoms with van der Waals surface area (Å²) in [5.41, 5.74) is 12.9. The van der Waals surface area contributed by atoms with Gasteiger partial charge >= 0.3 is 0 Å². The first-order chi connectivity index (χ1) is 23.3. The molecule has 0 saturated heterocycles. The number of allylic oxidation sites excluding steroid dienone is 2. The second-order valence-electron chi connectivity index (χ2n) is 12.4. The van der Waals surface area contributed by atoms with E-state index < -0.39 is 0 Å². The molecule has 6 aromatic carbocycles. The van der Waals surface area contributed by atoms with Crippen LogP contribution in [-0.4, -0.2) is 0 Å². The van der Waals surface area contributed by atoms with Crippen LogP contribution in [-0.2, 0) is 12.8 Å². The maximum atomic E-state index is 7.21. The van der Waals surface area contributed by atoms with Crippen LogP contribution >= 0.6 is 0 Å². The lowest BCUT2D eigenvalue weighted by Crippen LogP contribution is -2.23. The van der Waals surface area contributed by atoms with Crippen molar-refractivity contribution in [1.29, 1.82) is 0 Å². The third-order valence-corrected chi connectivity index (χ3v) is 9.48. The third kappa shape index (κ3) is 5.66. The van der Waals surface area contributed by atoms with E-state index in [1.807, 2.05) is 0 Å². The summed E-state index contributed by atoms with van der Waals surface area (Å²) in [7, 11) is 0.